The molecule has 0 aromatic carbocycles. The number of nitrogens with one attached hydrogen (secondary N) is 3. The summed E-state index contributed by atoms with van der Waals surface area (Å²) in [7, 11) is 0. The molecule has 1 aromatic heterocycles. The molecule has 6 N–H and O–H groups in total. The predicted molar refractivity (Wildman–Crippen MR) is 319 cm³/mol. The molecular formula is C63H110N4O16. The van der Waals surface area contributed by atoms with Crippen molar-refractivity contribution in [2.75, 3.05) is 65.9 Å². The minimum absolute atomic E-state index is 0. The van der Waals surface area contributed by atoms with Crippen molar-refractivity contribution in [3.63, 3.8) is 0 Å². The Labute approximate surface area is 497 Å². The van der Waals surface area contributed by atoms with Crippen LogP contribution in [0, 0.1) is 23.7 Å². The highest BCUT2D eigenvalue weighted by Gasteiger charge is 2.30. The van der Waals surface area contributed by atoms with Crippen molar-refractivity contribution >= 4 is 52.9 Å². The number of unbranched alkanes of at least 4 members (excludes halogenated alkanes) is 17. The second kappa shape index (κ2) is 52.6. The average Bonchev–Trinajstić information content (AvgIpc) is 4.13. The molecule has 1 fully saturated rings. The molecule has 0 spiro atoms. The van der Waals surface area contributed by atoms with Crippen LogP contribution in [0.4, 0.5) is 0 Å². The van der Waals surface area contributed by atoms with Crippen molar-refractivity contribution in [2.45, 2.75) is 239 Å². The van der Waals surface area contributed by atoms with Crippen LogP contribution in [-0.4, -0.2) is 144 Å². The summed E-state index contributed by atoms with van der Waals surface area (Å²) in [4.78, 5) is 113. The number of rotatable bonds is 56. The predicted octanol–water partition coefficient (Wildman–Crippen LogP) is 10.8. The number of carboxylic acid groups (broad SMARTS) is 3. The molecule has 83 heavy (non-hydrogen) atoms. The average molecular weight is 1180 g/mol. The number of ketones is 4. The summed E-state index contributed by atoms with van der Waals surface area (Å²) in [6.07, 6.45) is 32.2. The van der Waals surface area contributed by atoms with E-state index in [1.165, 1.54) is 70.6 Å². The fourth-order valence-corrected chi connectivity index (χ4v) is 10.1. The van der Waals surface area contributed by atoms with E-state index in [-0.39, 0.29) is 88.4 Å². The minimum atomic E-state index is -1.02. The van der Waals surface area contributed by atoms with Gasteiger partial charge in [-0.15, -0.1) is 0 Å². The first-order chi connectivity index (χ1) is 40.1. The van der Waals surface area contributed by atoms with Crippen LogP contribution in [0.25, 0.3) is 0 Å². The van der Waals surface area contributed by atoms with Crippen molar-refractivity contribution in [2.24, 2.45) is 23.7 Å². The Morgan fingerprint density at radius 1 is 0.530 bits per heavy atom. The second-order valence-electron chi connectivity index (χ2n) is 22.3. The lowest BCUT2D eigenvalue weighted by molar-refractivity contribution is -0.145. The van der Waals surface area contributed by atoms with Crippen LogP contribution in [0.15, 0.2) is 12.5 Å². The lowest BCUT2D eigenvalue weighted by Crippen LogP contribution is -2.30. The molecule has 0 radical (unpaired) electrons. The van der Waals surface area contributed by atoms with E-state index in [2.05, 4.69) is 20.6 Å². The molecule has 2 atom stereocenters. The molecule has 478 valence electrons. The van der Waals surface area contributed by atoms with Crippen molar-refractivity contribution in [1.82, 2.24) is 20.6 Å². The standard InChI is InChI=1S/C39H69NO8.C24H39N3O8.H2/c1-2-48-30-29-40-37(43)28-26-34(39(46)47)31-36(42)33-24-21-32(22-25-33)23-27-35(41)19-17-15-13-11-9-7-5-3-4-6-8-10-12-14-16-18-20-38(44)45;1-2-33-17-23(30)26-10-11-34-12-13-35-16-22(29)7-5-3-4-6-19(24(31)32)14-21(28)9-8-20-15-25-18-27-20;/h32-34H,2-31H2,1H3,(H,40,43)(H,44,45)(H,46,47);15,18-19H,2-14,16-17H2,1H3,(H,25,27)(H,26,30)(H,31,32);1H/t32?,33?,34-;19-;/m11./s1. The number of carbonyl (C=O) groups excluding carboxylic acids is 6. The molecule has 1 heterocycles. The number of aromatic nitrogens is 2. The third-order valence-electron chi connectivity index (χ3n) is 15.2. The van der Waals surface area contributed by atoms with Crippen LogP contribution in [0.3, 0.4) is 0 Å². The van der Waals surface area contributed by atoms with Gasteiger partial charge in [0.25, 0.3) is 0 Å². The van der Waals surface area contributed by atoms with E-state index in [0.29, 0.717) is 109 Å². The van der Waals surface area contributed by atoms with Gasteiger partial charge >= 0.3 is 17.9 Å². The summed E-state index contributed by atoms with van der Waals surface area (Å²) in [5.41, 5.74) is 0.852. The number of nitrogens with zero attached hydrogens (tertiary/aromatic N) is 1. The molecule has 2 rings (SSSR count). The maximum absolute atomic E-state index is 12.9. The highest BCUT2D eigenvalue weighted by atomic mass is 16.5. The number of ether oxygens (including phenoxy) is 4. The highest BCUT2D eigenvalue weighted by Crippen LogP contribution is 2.34. The molecule has 20 heteroatoms. The third kappa shape index (κ3) is 46.1. The normalized spacial score (nSPS) is 14.7. The zero-order chi connectivity index (χ0) is 61.0. The Kier molecular flexibility index (Phi) is 48.2. The molecule has 0 aliphatic heterocycles. The lowest BCUT2D eigenvalue weighted by atomic mass is 9.76. The van der Waals surface area contributed by atoms with E-state index in [1.807, 2.05) is 13.8 Å². The van der Waals surface area contributed by atoms with Crippen LogP contribution >= 0.6 is 0 Å². The van der Waals surface area contributed by atoms with Crippen molar-refractivity contribution in [1.29, 1.82) is 0 Å². The Morgan fingerprint density at radius 2 is 1.05 bits per heavy atom. The van der Waals surface area contributed by atoms with E-state index < -0.39 is 29.7 Å². The number of hydrogen-bond donors (Lipinski definition) is 6. The quantitative estimate of drug-likeness (QED) is 0.0330. The van der Waals surface area contributed by atoms with Gasteiger partial charge in [-0.3, -0.25) is 43.2 Å². The van der Waals surface area contributed by atoms with Gasteiger partial charge in [-0.05, 0) is 90.4 Å². The summed E-state index contributed by atoms with van der Waals surface area (Å²) in [5, 5.41) is 33.0. The zero-order valence-corrected chi connectivity index (χ0v) is 50.9. The second-order valence-corrected chi connectivity index (χ2v) is 22.3. The molecule has 0 unspecified atom stereocenters. The highest BCUT2D eigenvalue weighted by molar-refractivity contribution is 5.86. The number of carboxylic acids is 3. The Bertz CT molecular complexity index is 1900. The number of H-pyrrole nitrogens is 1. The van der Waals surface area contributed by atoms with Gasteiger partial charge in [0, 0.05) is 96.9 Å². The number of carbonyl (C=O) groups is 9. The summed E-state index contributed by atoms with van der Waals surface area (Å²) in [6, 6.07) is 0. The van der Waals surface area contributed by atoms with Gasteiger partial charge < -0.3 is 49.9 Å². The minimum Gasteiger partial charge on any atom is -0.481 e. The third-order valence-corrected chi connectivity index (χ3v) is 15.2. The number of aryl methyl sites for hydroxylation is 1. The molecule has 2 amide bonds. The summed E-state index contributed by atoms with van der Waals surface area (Å²) in [5.74, 6) is -3.97. The number of Topliss-reactive ketones (excluding diaryl/α,β-unsaturated/α-hetero) is 4. The van der Waals surface area contributed by atoms with Crippen molar-refractivity contribution < 1.29 is 78.8 Å². The number of hydrogen-bond acceptors (Lipinski definition) is 14. The van der Waals surface area contributed by atoms with Crippen LogP contribution in [0.1, 0.15) is 239 Å². The molecule has 1 aliphatic carbocycles. The van der Waals surface area contributed by atoms with E-state index >= 15 is 0 Å². The van der Waals surface area contributed by atoms with Gasteiger partial charge in [0.2, 0.25) is 11.8 Å². The topological polar surface area (TPSA) is 304 Å². The molecule has 1 saturated carbocycles. The van der Waals surface area contributed by atoms with Gasteiger partial charge in [-0.25, -0.2) is 4.98 Å². The first kappa shape index (κ1) is 76.1. The molecule has 1 aromatic rings. The summed E-state index contributed by atoms with van der Waals surface area (Å²) < 4.78 is 20.8. The van der Waals surface area contributed by atoms with Crippen LogP contribution in [-0.2, 0) is 68.5 Å². The van der Waals surface area contributed by atoms with E-state index in [0.717, 1.165) is 76.3 Å². The first-order valence-electron chi connectivity index (χ1n) is 31.7. The van der Waals surface area contributed by atoms with Crippen LogP contribution in [0.2, 0.25) is 0 Å². The fraction of sp³-hybridized carbons (Fsp3) is 0.810. The van der Waals surface area contributed by atoms with Crippen molar-refractivity contribution in [3.05, 3.63) is 18.2 Å². The Balaban J connectivity index is 0.00000170. The SMILES string of the molecule is CCOCC(=O)NCCOCCOCC(=O)CCCCC[C@H](CC(=O)CCc1cnc[nH]1)C(=O)O.CCOCCNC(=O)CC[C@H](CC(=O)C1CCC(CCC(=O)CCCCCCCCCCCCCCCCCCC(=O)O)CC1)C(=O)O.[HH]. The number of imidazole rings is 1. The van der Waals surface area contributed by atoms with E-state index in [4.69, 9.17) is 24.1 Å². The van der Waals surface area contributed by atoms with Crippen LogP contribution in [0.5, 0.6) is 0 Å². The van der Waals surface area contributed by atoms with Gasteiger partial charge in [0.05, 0.1) is 44.6 Å². The van der Waals surface area contributed by atoms with E-state index in [9.17, 15) is 53.4 Å². The van der Waals surface area contributed by atoms with Gasteiger partial charge in [-0.2, -0.15) is 0 Å². The molecule has 20 nitrogen and oxygen atoms in total. The molecule has 0 saturated heterocycles. The maximum Gasteiger partial charge on any atom is 0.306 e. The number of aliphatic carboxylic acids is 3. The van der Waals surface area contributed by atoms with Gasteiger partial charge in [-0.1, -0.05) is 103 Å². The molecule has 1 aliphatic rings. The molecular weight excluding hydrogens is 1070 g/mol. The smallest absolute Gasteiger partial charge is 0.306 e. The van der Waals surface area contributed by atoms with Gasteiger partial charge in [0.1, 0.15) is 30.6 Å². The Hall–Kier alpha value is -4.92. The molecule has 0 bridgehead atoms. The zero-order valence-electron chi connectivity index (χ0n) is 50.9. The van der Waals surface area contributed by atoms with Crippen LogP contribution < -0.4 is 10.6 Å². The summed E-state index contributed by atoms with van der Waals surface area (Å²) in [6.45, 7) is 6.96. The van der Waals surface area contributed by atoms with E-state index in [1.54, 1.807) is 12.5 Å². The number of amides is 2. The summed E-state index contributed by atoms with van der Waals surface area (Å²) >= 11 is 0. The maximum atomic E-state index is 12.9. The Morgan fingerprint density at radius 3 is 1.60 bits per heavy atom. The lowest BCUT2D eigenvalue weighted by Gasteiger charge is -2.28. The monoisotopic (exact) mass is 1180 g/mol. The fourth-order valence-electron chi connectivity index (χ4n) is 10.1. The first-order valence-corrected chi connectivity index (χ1v) is 31.7. The number of aromatic amines is 1. The van der Waals surface area contributed by atoms with Gasteiger partial charge in [0.15, 0.2) is 5.78 Å². The largest absolute Gasteiger partial charge is 0.481 e. The van der Waals surface area contributed by atoms with Crippen molar-refractivity contribution in [3.8, 4) is 0 Å².